The van der Waals surface area contributed by atoms with Gasteiger partial charge in [0, 0.05) is 5.54 Å². The van der Waals surface area contributed by atoms with Gasteiger partial charge < -0.3 is 5.73 Å². The highest BCUT2D eigenvalue weighted by Crippen LogP contribution is 2.34. The van der Waals surface area contributed by atoms with E-state index in [1.54, 1.807) is 26.0 Å². The van der Waals surface area contributed by atoms with Crippen LogP contribution in [0.2, 0.25) is 0 Å². The Morgan fingerprint density at radius 2 is 1.50 bits per heavy atom. The number of alkyl halides is 1. The molecule has 0 heterocycles. The zero-order valence-electron chi connectivity index (χ0n) is 9.26. The quantitative estimate of drug-likeness (QED) is 0.771. The minimum atomic E-state index is -1.50. The number of benzene rings is 1. The summed E-state index contributed by atoms with van der Waals surface area (Å²) in [5, 5.41) is 0. The summed E-state index contributed by atoms with van der Waals surface area (Å²) in [6.45, 7) is 6.91. The Kier molecular flexibility index (Phi) is 2.68. The van der Waals surface area contributed by atoms with Crippen LogP contribution in [0.15, 0.2) is 24.3 Å². The Balaban J connectivity index is 3.10. The van der Waals surface area contributed by atoms with E-state index in [4.69, 9.17) is 5.73 Å². The topological polar surface area (TPSA) is 26.0 Å². The van der Waals surface area contributed by atoms with E-state index >= 15 is 0 Å². The molecule has 1 aromatic rings. The zero-order valence-corrected chi connectivity index (χ0v) is 9.26. The van der Waals surface area contributed by atoms with Crippen molar-refractivity contribution >= 4 is 0 Å². The van der Waals surface area contributed by atoms with Crippen LogP contribution in [0, 0.1) is 6.92 Å². The SMILES string of the molecule is Cc1ccc(C(C)(F)C(C)(C)N)cc1. The molecule has 0 fully saturated rings. The maximum atomic E-state index is 14.3. The standard InChI is InChI=1S/C12H18FN/c1-9-5-7-10(8-6-9)12(4,13)11(2,3)14/h5-8H,14H2,1-4H3. The molecule has 1 aromatic carbocycles. The average Bonchev–Trinajstić information content (AvgIpc) is 2.03. The molecule has 1 atom stereocenters. The predicted molar refractivity (Wildman–Crippen MR) is 57.9 cm³/mol. The highest BCUT2D eigenvalue weighted by molar-refractivity contribution is 5.28. The first-order valence-electron chi connectivity index (χ1n) is 4.80. The van der Waals surface area contributed by atoms with Gasteiger partial charge in [-0.1, -0.05) is 29.8 Å². The van der Waals surface area contributed by atoms with Crippen molar-refractivity contribution in [2.45, 2.75) is 38.9 Å². The van der Waals surface area contributed by atoms with Crippen LogP contribution in [-0.2, 0) is 5.67 Å². The van der Waals surface area contributed by atoms with Crippen LogP contribution < -0.4 is 5.73 Å². The monoisotopic (exact) mass is 195 g/mol. The molecule has 0 spiro atoms. The molecule has 0 bridgehead atoms. The molecule has 78 valence electrons. The van der Waals surface area contributed by atoms with Crippen molar-refractivity contribution in [2.24, 2.45) is 5.73 Å². The fourth-order valence-corrected chi connectivity index (χ4v) is 1.24. The molecular weight excluding hydrogens is 177 g/mol. The van der Waals surface area contributed by atoms with Gasteiger partial charge in [-0.05, 0) is 33.3 Å². The van der Waals surface area contributed by atoms with Gasteiger partial charge in [-0.15, -0.1) is 0 Å². The molecule has 2 N–H and O–H groups in total. The maximum Gasteiger partial charge on any atom is 0.150 e. The van der Waals surface area contributed by atoms with Gasteiger partial charge in [0.2, 0.25) is 0 Å². The number of aryl methyl sites for hydroxylation is 1. The Morgan fingerprint density at radius 3 is 1.86 bits per heavy atom. The molecule has 0 saturated carbocycles. The highest BCUT2D eigenvalue weighted by atomic mass is 19.1. The molecule has 0 aromatic heterocycles. The van der Waals surface area contributed by atoms with Crippen LogP contribution in [0.5, 0.6) is 0 Å². The van der Waals surface area contributed by atoms with Gasteiger partial charge in [0.05, 0.1) is 0 Å². The summed E-state index contributed by atoms with van der Waals surface area (Å²) in [4.78, 5) is 0. The molecule has 1 nitrogen and oxygen atoms in total. The lowest BCUT2D eigenvalue weighted by Crippen LogP contribution is -2.49. The number of hydrogen-bond donors (Lipinski definition) is 1. The number of nitrogens with two attached hydrogens (primary N) is 1. The Bertz CT molecular complexity index is 306. The fraction of sp³-hybridized carbons (Fsp3) is 0.500. The van der Waals surface area contributed by atoms with E-state index in [1.807, 2.05) is 19.1 Å². The van der Waals surface area contributed by atoms with E-state index < -0.39 is 11.2 Å². The van der Waals surface area contributed by atoms with Crippen molar-refractivity contribution in [1.82, 2.24) is 0 Å². The lowest BCUT2D eigenvalue weighted by Gasteiger charge is -2.34. The second-order valence-corrected chi connectivity index (χ2v) is 4.59. The van der Waals surface area contributed by atoms with E-state index in [-0.39, 0.29) is 0 Å². The van der Waals surface area contributed by atoms with Crippen molar-refractivity contribution in [1.29, 1.82) is 0 Å². The molecule has 0 saturated heterocycles. The lowest BCUT2D eigenvalue weighted by atomic mass is 9.81. The highest BCUT2D eigenvalue weighted by Gasteiger charge is 2.39. The van der Waals surface area contributed by atoms with Crippen molar-refractivity contribution in [2.75, 3.05) is 0 Å². The molecule has 14 heavy (non-hydrogen) atoms. The maximum absolute atomic E-state index is 14.3. The van der Waals surface area contributed by atoms with Gasteiger partial charge >= 0.3 is 0 Å². The number of hydrogen-bond acceptors (Lipinski definition) is 1. The Morgan fingerprint density at radius 1 is 1.07 bits per heavy atom. The Labute approximate surface area is 85.1 Å². The normalized spacial score (nSPS) is 16.4. The zero-order chi connectivity index (χ0) is 11.0. The van der Waals surface area contributed by atoms with Crippen molar-refractivity contribution in [3.63, 3.8) is 0 Å². The summed E-state index contributed by atoms with van der Waals surface area (Å²) in [7, 11) is 0. The van der Waals surface area contributed by atoms with Gasteiger partial charge in [0.1, 0.15) is 5.67 Å². The molecule has 0 radical (unpaired) electrons. The molecular formula is C12H18FN. The van der Waals surface area contributed by atoms with E-state index in [2.05, 4.69) is 0 Å². The van der Waals surface area contributed by atoms with Crippen LogP contribution in [0.1, 0.15) is 31.9 Å². The van der Waals surface area contributed by atoms with Gasteiger partial charge in [-0.25, -0.2) is 4.39 Å². The molecule has 0 amide bonds. The second kappa shape index (κ2) is 3.35. The van der Waals surface area contributed by atoms with Gasteiger partial charge in [0.15, 0.2) is 0 Å². The third-order valence-corrected chi connectivity index (χ3v) is 2.80. The van der Waals surface area contributed by atoms with Gasteiger partial charge in [-0.3, -0.25) is 0 Å². The number of rotatable bonds is 2. The first-order valence-corrected chi connectivity index (χ1v) is 4.80. The van der Waals surface area contributed by atoms with E-state index in [0.29, 0.717) is 5.56 Å². The third kappa shape index (κ3) is 1.95. The first-order chi connectivity index (χ1) is 6.25. The third-order valence-electron chi connectivity index (χ3n) is 2.80. The van der Waals surface area contributed by atoms with Crippen molar-refractivity contribution < 1.29 is 4.39 Å². The summed E-state index contributed by atoms with van der Waals surface area (Å²) in [5.41, 5.74) is 5.20. The average molecular weight is 195 g/mol. The lowest BCUT2D eigenvalue weighted by molar-refractivity contribution is 0.0955. The van der Waals surface area contributed by atoms with E-state index in [0.717, 1.165) is 5.56 Å². The minimum absolute atomic E-state index is 0.635. The first kappa shape index (κ1) is 11.2. The molecule has 0 aliphatic heterocycles. The predicted octanol–water partition coefficient (Wildman–Crippen LogP) is 2.92. The largest absolute Gasteiger partial charge is 0.323 e. The van der Waals surface area contributed by atoms with E-state index in [9.17, 15) is 4.39 Å². The van der Waals surface area contributed by atoms with Gasteiger partial charge in [0.25, 0.3) is 0 Å². The summed E-state index contributed by atoms with van der Waals surface area (Å²) < 4.78 is 14.3. The molecule has 0 aliphatic rings. The molecule has 1 unspecified atom stereocenters. The fourth-order valence-electron chi connectivity index (χ4n) is 1.24. The molecule has 2 heteroatoms. The Hall–Kier alpha value is -0.890. The molecule has 1 rings (SSSR count). The van der Waals surface area contributed by atoms with E-state index in [1.165, 1.54) is 6.92 Å². The van der Waals surface area contributed by atoms with Crippen LogP contribution in [0.4, 0.5) is 4.39 Å². The summed E-state index contributed by atoms with van der Waals surface area (Å²) in [6.07, 6.45) is 0. The molecule has 0 aliphatic carbocycles. The van der Waals surface area contributed by atoms with Crippen LogP contribution >= 0.6 is 0 Å². The van der Waals surface area contributed by atoms with Crippen LogP contribution in [-0.4, -0.2) is 5.54 Å². The second-order valence-electron chi connectivity index (χ2n) is 4.59. The summed E-state index contributed by atoms with van der Waals surface area (Å²) >= 11 is 0. The number of halogens is 1. The summed E-state index contributed by atoms with van der Waals surface area (Å²) in [5.74, 6) is 0. The smallest absolute Gasteiger partial charge is 0.150 e. The van der Waals surface area contributed by atoms with Crippen molar-refractivity contribution in [3.8, 4) is 0 Å². The van der Waals surface area contributed by atoms with Crippen LogP contribution in [0.3, 0.4) is 0 Å². The van der Waals surface area contributed by atoms with Gasteiger partial charge in [-0.2, -0.15) is 0 Å². The van der Waals surface area contributed by atoms with Crippen LogP contribution in [0.25, 0.3) is 0 Å². The summed E-state index contributed by atoms with van der Waals surface area (Å²) in [6, 6.07) is 7.39. The van der Waals surface area contributed by atoms with Crippen molar-refractivity contribution in [3.05, 3.63) is 35.4 Å². The minimum Gasteiger partial charge on any atom is -0.323 e.